The third-order valence-corrected chi connectivity index (χ3v) is 6.91. The lowest BCUT2D eigenvalue weighted by Gasteiger charge is -2.23. The van der Waals surface area contributed by atoms with E-state index in [9.17, 15) is 8.42 Å². The highest BCUT2D eigenvalue weighted by Crippen LogP contribution is 2.34. The van der Waals surface area contributed by atoms with Crippen molar-refractivity contribution >= 4 is 21.2 Å². The first-order valence-electron chi connectivity index (χ1n) is 7.60. The number of benzene rings is 1. The summed E-state index contributed by atoms with van der Waals surface area (Å²) < 4.78 is 24.9. The maximum Gasteiger partial charge on any atom is 0.179 e. The second-order valence-corrected chi connectivity index (χ2v) is 8.75. The molecular formula is C17H18N2O2S2. The molecule has 3 rings (SSSR count). The first-order chi connectivity index (χ1) is 11.1. The lowest BCUT2D eigenvalue weighted by atomic mass is 10.2. The summed E-state index contributed by atoms with van der Waals surface area (Å²) >= 11 is 1.74. The molecule has 0 radical (unpaired) electrons. The van der Waals surface area contributed by atoms with Gasteiger partial charge in [-0.15, -0.1) is 11.3 Å². The number of nitriles is 1. The molecule has 1 aromatic heterocycles. The number of nitrogens with zero attached hydrogens (tertiary/aromatic N) is 2. The molecule has 0 N–H and O–H groups in total. The van der Waals surface area contributed by atoms with E-state index in [2.05, 4.69) is 16.3 Å². The van der Waals surface area contributed by atoms with Gasteiger partial charge in [0.15, 0.2) is 9.84 Å². The van der Waals surface area contributed by atoms with Gasteiger partial charge in [0.25, 0.3) is 0 Å². The van der Waals surface area contributed by atoms with E-state index in [-0.39, 0.29) is 5.75 Å². The number of rotatable bonds is 5. The lowest BCUT2D eigenvalue weighted by molar-refractivity contribution is 0.276. The van der Waals surface area contributed by atoms with E-state index in [0.717, 1.165) is 19.4 Å². The maximum atomic E-state index is 12.5. The van der Waals surface area contributed by atoms with Crippen LogP contribution in [0.1, 0.15) is 29.3 Å². The van der Waals surface area contributed by atoms with Crippen molar-refractivity contribution in [1.29, 1.82) is 5.26 Å². The average Bonchev–Trinajstić information content (AvgIpc) is 3.24. The number of hydrogen-bond donors (Lipinski definition) is 0. The van der Waals surface area contributed by atoms with Gasteiger partial charge in [0.2, 0.25) is 0 Å². The first-order valence-corrected chi connectivity index (χ1v) is 10.1. The van der Waals surface area contributed by atoms with Gasteiger partial charge in [0, 0.05) is 17.5 Å². The zero-order valence-corrected chi connectivity index (χ0v) is 14.3. The fraction of sp³-hybridized carbons (Fsp3) is 0.353. The van der Waals surface area contributed by atoms with Gasteiger partial charge < -0.3 is 0 Å². The van der Waals surface area contributed by atoms with Crippen molar-refractivity contribution in [2.45, 2.75) is 23.8 Å². The van der Waals surface area contributed by atoms with Crippen LogP contribution in [-0.4, -0.2) is 32.2 Å². The summed E-state index contributed by atoms with van der Waals surface area (Å²) in [6.07, 6.45) is 2.21. The highest BCUT2D eigenvalue weighted by molar-refractivity contribution is 7.91. The van der Waals surface area contributed by atoms with Crippen LogP contribution in [0.4, 0.5) is 0 Å². The zero-order chi connectivity index (χ0) is 16.3. The summed E-state index contributed by atoms with van der Waals surface area (Å²) in [4.78, 5) is 3.88. The van der Waals surface area contributed by atoms with E-state index in [1.807, 2.05) is 12.1 Å². The van der Waals surface area contributed by atoms with Crippen LogP contribution in [0, 0.1) is 11.3 Å². The van der Waals surface area contributed by atoms with E-state index in [4.69, 9.17) is 5.26 Å². The molecule has 0 amide bonds. The molecule has 2 heterocycles. The van der Waals surface area contributed by atoms with Gasteiger partial charge >= 0.3 is 0 Å². The monoisotopic (exact) mass is 346 g/mol. The third-order valence-electron chi connectivity index (χ3n) is 4.23. The molecule has 4 nitrogen and oxygen atoms in total. The van der Waals surface area contributed by atoms with E-state index in [1.54, 1.807) is 23.5 Å². The molecule has 1 saturated heterocycles. The SMILES string of the molecule is N#Cc1ccc(S(=O)(=O)CCN2CCC[C@@H]2c2cccs2)cc1. The topological polar surface area (TPSA) is 61.2 Å². The Morgan fingerprint density at radius 2 is 2.04 bits per heavy atom. The van der Waals surface area contributed by atoms with Crippen molar-refractivity contribution in [2.75, 3.05) is 18.8 Å². The standard InChI is InChI=1S/C17H18N2O2S2/c18-13-14-5-7-15(8-6-14)23(20,21)12-10-19-9-1-3-16(19)17-4-2-11-22-17/h2,4-8,11,16H,1,3,9-10,12H2/t16-/m1/s1. The van der Waals surface area contributed by atoms with Crippen LogP contribution in [0.5, 0.6) is 0 Å². The number of sulfone groups is 1. The van der Waals surface area contributed by atoms with Crippen molar-refractivity contribution in [1.82, 2.24) is 4.90 Å². The Hall–Kier alpha value is -1.68. The highest BCUT2D eigenvalue weighted by Gasteiger charge is 2.28. The van der Waals surface area contributed by atoms with Crippen molar-refractivity contribution in [3.05, 3.63) is 52.2 Å². The second kappa shape index (κ2) is 6.83. The molecule has 0 spiro atoms. The summed E-state index contributed by atoms with van der Waals surface area (Å²) in [6, 6.07) is 12.7. The summed E-state index contributed by atoms with van der Waals surface area (Å²) in [7, 11) is -3.31. The molecule has 0 unspecified atom stereocenters. The van der Waals surface area contributed by atoms with Crippen molar-refractivity contribution in [3.8, 4) is 6.07 Å². The zero-order valence-electron chi connectivity index (χ0n) is 12.7. The molecule has 1 aliphatic rings. The third kappa shape index (κ3) is 3.63. The molecule has 0 saturated carbocycles. The van der Waals surface area contributed by atoms with Gasteiger partial charge in [-0.05, 0) is 55.1 Å². The van der Waals surface area contributed by atoms with Crippen LogP contribution < -0.4 is 0 Å². The predicted octanol–water partition coefficient (Wildman–Crippen LogP) is 3.23. The van der Waals surface area contributed by atoms with Crippen molar-refractivity contribution < 1.29 is 8.42 Å². The molecule has 1 aliphatic heterocycles. The Morgan fingerprint density at radius 1 is 1.26 bits per heavy atom. The normalized spacial score (nSPS) is 18.8. The summed E-state index contributed by atoms with van der Waals surface area (Å²) in [5.41, 5.74) is 0.473. The lowest BCUT2D eigenvalue weighted by Crippen LogP contribution is -2.28. The predicted molar refractivity (Wildman–Crippen MR) is 91.1 cm³/mol. The minimum absolute atomic E-state index is 0.112. The minimum atomic E-state index is -3.31. The van der Waals surface area contributed by atoms with Crippen LogP contribution in [-0.2, 0) is 9.84 Å². The van der Waals surface area contributed by atoms with Gasteiger partial charge in [-0.1, -0.05) is 6.07 Å². The van der Waals surface area contributed by atoms with E-state index in [1.165, 1.54) is 17.0 Å². The van der Waals surface area contributed by atoms with Crippen molar-refractivity contribution in [2.24, 2.45) is 0 Å². The van der Waals surface area contributed by atoms with Crippen LogP contribution >= 0.6 is 11.3 Å². The Morgan fingerprint density at radius 3 is 2.70 bits per heavy atom. The fourth-order valence-electron chi connectivity index (χ4n) is 2.99. The van der Waals surface area contributed by atoms with Gasteiger partial charge in [-0.2, -0.15) is 5.26 Å². The van der Waals surface area contributed by atoms with E-state index < -0.39 is 9.84 Å². The van der Waals surface area contributed by atoms with E-state index >= 15 is 0 Å². The average molecular weight is 346 g/mol. The summed E-state index contributed by atoms with van der Waals surface area (Å²) in [5.74, 6) is 0.112. The Kier molecular flexibility index (Phi) is 4.81. The molecule has 1 atom stereocenters. The minimum Gasteiger partial charge on any atom is -0.294 e. The quantitative estimate of drug-likeness (QED) is 0.834. The molecule has 23 heavy (non-hydrogen) atoms. The van der Waals surface area contributed by atoms with E-state index in [0.29, 0.717) is 23.0 Å². The largest absolute Gasteiger partial charge is 0.294 e. The molecule has 0 aliphatic carbocycles. The fourth-order valence-corrected chi connectivity index (χ4v) is 5.15. The molecular weight excluding hydrogens is 328 g/mol. The number of thiophene rings is 1. The van der Waals surface area contributed by atoms with Gasteiger partial charge in [-0.25, -0.2) is 8.42 Å². The van der Waals surface area contributed by atoms with Crippen LogP contribution in [0.25, 0.3) is 0 Å². The Balaban J connectivity index is 1.68. The molecule has 0 bridgehead atoms. The van der Waals surface area contributed by atoms with Gasteiger partial charge in [0.1, 0.15) is 0 Å². The molecule has 1 fully saturated rings. The first kappa shape index (κ1) is 16.2. The number of likely N-dealkylation sites (tertiary alicyclic amines) is 1. The van der Waals surface area contributed by atoms with Gasteiger partial charge in [0.05, 0.1) is 22.3 Å². The summed E-state index contributed by atoms with van der Waals surface area (Å²) in [5, 5.41) is 10.9. The second-order valence-electron chi connectivity index (χ2n) is 5.66. The molecule has 6 heteroatoms. The Labute approximate surface area is 140 Å². The summed E-state index contributed by atoms with van der Waals surface area (Å²) in [6.45, 7) is 1.50. The Bertz CT molecular complexity index is 790. The number of hydrogen-bond acceptors (Lipinski definition) is 5. The van der Waals surface area contributed by atoms with Crippen LogP contribution in [0.3, 0.4) is 0 Å². The molecule has 1 aromatic carbocycles. The van der Waals surface area contributed by atoms with Crippen LogP contribution in [0.2, 0.25) is 0 Å². The highest BCUT2D eigenvalue weighted by atomic mass is 32.2. The maximum absolute atomic E-state index is 12.5. The van der Waals surface area contributed by atoms with Crippen molar-refractivity contribution in [3.63, 3.8) is 0 Å². The smallest absolute Gasteiger partial charge is 0.179 e. The molecule has 2 aromatic rings. The molecule has 120 valence electrons. The van der Waals surface area contributed by atoms with Gasteiger partial charge in [-0.3, -0.25) is 4.90 Å². The van der Waals surface area contributed by atoms with Crippen LogP contribution in [0.15, 0.2) is 46.7 Å².